The molecule has 0 radical (unpaired) electrons. The van der Waals surface area contributed by atoms with E-state index in [0.717, 1.165) is 30.4 Å². The van der Waals surface area contributed by atoms with Gasteiger partial charge in [-0.3, -0.25) is 0 Å². The van der Waals surface area contributed by atoms with Crippen LogP contribution >= 0.6 is 0 Å². The Labute approximate surface area is 335 Å². The first-order valence-electron chi connectivity index (χ1n) is 20.6. The molecule has 0 fully saturated rings. The highest BCUT2D eigenvalue weighted by Crippen LogP contribution is 2.44. The Morgan fingerprint density at radius 1 is 0.691 bits per heavy atom. The summed E-state index contributed by atoms with van der Waals surface area (Å²) in [5.41, 5.74) is 16.3. The Kier molecular flexibility index (Phi) is 17.6. The van der Waals surface area contributed by atoms with Gasteiger partial charge in [-0.1, -0.05) is 171 Å². The first kappa shape index (κ1) is 44.5. The smallest absolute Gasteiger partial charge is 0.0991 e. The van der Waals surface area contributed by atoms with Gasteiger partial charge in [0.05, 0.1) is 11.6 Å². The van der Waals surface area contributed by atoms with Gasteiger partial charge >= 0.3 is 0 Å². The monoisotopic (exact) mass is 730 g/mol. The maximum absolute atomic E-state index is 9.60. The van der Waals surface area contributed by atoms with Crippen LogP contribution in [0, 0.1) is 18.3 Å². The summed E-state index contributed by atoms with van der Waals surface area (Å²) < 4.78 is 0. The minimum Gasteiger partial charge on any atom is -0.192 e. The van der Waals surface area contributed by atoms with Crippen LogP contribution in [0.1, 0.15) is 147 Å². The summed E-state index contributed by atoms with van der Waals surface area (Å²) in [6.07, 6.45) is 10.0. The third-order valence-corrected chi connectivity index (χ3v) is 10.8. The summed E-state index contributed by atoms with van der Waals surface area (Å²) in [4.78, 5) is 0. The minimum absolute atomic E-state index is 0.202. The number of rotatable bonds is 12. The molecule has 1 nitrogen and oxygen atoms in total. The molecule has 5 rings (SSSR count). The van der Waals surface area contributed by atoms with Gasteiger partial charge in [0.2, 0.25) is 0 Å². The molecule has 0 aromatic heterocycles. The third-order valence-electron chi connectivity index (χ3n) is 10.8. The van der Waals surface area contributed by atoms with E-state index < -0.39 is 0 Å². The SMILES string of the molecule is C/C=C\CC.C=C(C)c1cc(-c2c(C(C)C)cc(C#N)cc2C(C)C)ccc1C(CC)(CC)CCC.Cc1cc(-c2ccccc2)cc(-c2ccccc2)c1. The zero-order chi connectivity index (χ0) is 40.5. The summed E-state index contributed by atoms with van der Waals surface area (Å²) in [5.74, 6) is 0.693. The van der Waals surface area contributed by atoms with E-state index in [9.17, 15) is 5.26 Å². The molecule has 55 heavy (non-hydrogen) atoms. The molecule has 0 spiro atoms. The van der Waals surface area contributed by atoms with Gasteiger partial charge in [0.15, 0.2) is 0 Å². The molecule has 1 heteroatoms. The van der Waals surface area contributed by atoms with Gasteiger partial charge in [0.25, 0.3) is 0 Å². The topological polar surface area (TPSA) is 23.8 Å². The first-order chi connectivity index (χ1) is 26.4. The van der Waals surface area contributed by atoms with Crippen LogP contribution in [-0.4, -0.2) is 0 Å². The maximum Gasteiger partial charge on any atom is 0.0991 e. The van der Waals surface area contributed by atoms with Gasteiger partial charge in [0.1, 0.15) is 0 Å². The van der Waals surface area contributed by atoms with Crippen molar-refractivity contribution in [3.05, 3.63) is 161 Å². The quantitative estimate of drug-likeness (QED) is 0.117. The summed E-state index contributed by atoms with van der Waals surface area (Å²) in [6, 6.07) is 41.4. The molecule has 0 amide bonds. The Hall–Kier alpha value is -4.93. The van der Waals surface area contributed by atoms with Gasteiger partial charge in [0, 0.05) is 0 Å². The summed E-state index contributed by atoms with van der Waals surface area (Å²) in [6.45, 7) is 28.6. The van der Waals surface area contributed by atoms with Crippen LogP contribution in [0.5, 0.6) is 0 Å². The Morgan fingerprint density at radius 3 is 1.56 bits per heavy atom. The summed E-state index contributed by atoms with van der Waals surface area (Å²) in [5, 5.41) is 9.60. The third kappa shape index (κ3) is 11.8. The number of allylic oxidation sites excluding steroid dienone is 3. The molecule has 5 aromatic rings. The average molecular weight is 730 g/mol. The molecule has 0 aliphatic heterocycles. The molecule has 0 saturated carbocycles. The van der Waals surface area contributed by atoms with E-state index in [1.165, 1.54) is 74.0 Å². The van der Waals surface area contributed by atoms with Crippen molar-refractivity contribution in [3.63, 3.8) is 0 Å². The van der Waals surface area contributed by atoms with Crippen LogP contribution in [0.2, 0.25) is 0 Å². The fourth-order valence-electron chi connectivity index (χ4n) is 7.72. The van der Waals surface area contributed by atoms with Gasteiger partial charge < -0.3 is 0 Å². The van der Waals surface area contributed by atoms with Crippen molar-refractivity contribution in [2.45, 2.75) is 126 Å². The van der Waals surface area contributed by atoms with Crippen molar-refractivity contribution < 1.29 is 0 Å². The second-order valence-corrected chi connectivity index (χ2v) is 15.5. The number of hydrogen-bond acceptors (Lipinski definition) is 1. The van der Waals surface area contributed by atoms with Crippen LogP contribution in [0.4, 0.5) is 0 Å². The predicted octanol–water partition coefficient (Wildman–Crippen LogP) is 16.7. The van der Waals surface area contributed by atoms with Crippen LogP contribution in [0.25, 0.3) is 39.0 Å². The highest BCUT2D eigenvalue weighted by Gasteiger charge is 2.30. The van der Waals surface area contributed by atoms with Crippen molar-refractivity contribution in [3.8, 4) is 39.4 Å². The predicted molar refractivity (Wildman–Crippen MR) is 244 cm³/mol. The lowest BCUT2D eigenvalue weighted by Gasteiger charge is -2.35. The normalized spacial score (nSPS) is 11.1. The fraction of sp³-hybridized carbons (Fsp3) is 0.352. The van der Waals surface area contributed by atoms with Crippen LogP contribution in [0.15, 0.2) is 128 Å². The molecule has 5 aromatic carbocycles. The Morgan fingerprint density at radius 2 is 1.20 bits per heavy atom. The molecule has 0 saturated heterocycles. The molecule has 0 aliphatic rings. The highest BCUT2D eigenvalue weighted by molar-refractivity contribution is 5.79. The molecule has 0 atom stereocenters. The van der Waals surface area contributed by atoms with Crippen LogP contribution in [-0.2, 0) is 5.41 Å². The number of hydrogen-bond donors (Lipinski definition) is 0. The zero-order valence-corrected chi connectivity index (χ0v) is 35.9. The molecular weight excluding hydrogens is 663 g/mol. The maximum atomic E-state index is 9.60. The van der Waals surface area contributed by atoms with Crippen molar-refractivity contribution in [2.24, 2.45) is 0 Å². The Bertz CT molecular complexity index is 1930. The lowest BCUT2D eigenvalue weighted by molar-refractivity contribution is 0.361. The molecular formula is C54H67N. The number of nitrogens with zero attached hydrogens (tertiary/aromatic N) is 1. The number of nitriles is 1. The van der Waals surface area contributed by atoms with Gasteiger partial charge in [-0.05, 0) is 149 Å². The molecule has 0 unspecified atom stereocenters. The molecule has 0 aliphatic carbocycles. The molecule has 0 N–H and O–H groups in total. The molecule has 0 heterocycles. The second-order valence-electron chi connectivity index (χ2n) is 15.5. The van der Waals surface area contributed by atoms with E-state index in [1.807, 2.05) is 6.92 Å². The van der Waals surface area contributed by atoms with Crippen molar-refractivity contribution in [2.75, 3.05) is 0 Å². The van der Waals surface area contributed by atoms with Crippen LogP contribution in [0.3, 0.4) is 0 Å². The Balaban J connectivity index is 0.000000285. The van der Waals surface area contributed by atoms with Crippen molar-refractivity contribution in [1.29, 1.82) is 5.26 Å². The van der Waals surface area contributed by atoms with E-state index in [1.54, 1.807) is 0 Å². The van der Waals surface area contributed by atoms with Crippen LogP contribution < -0.4 is 0 Å². The van der Waals surface area contributed by atoms with Gasteiger partial charge in [-0.2, -0.15) is 5.26 Å². The zero-order valence-electron chi connectivity index (χ0n) is 35.9. The highest BCUT2D eigenvalue weighted by atomic mass is 14.3. The lowest BCUT2D eigenvalue weighted by Crippen LogP contribution is -2.25. The van der Waals surface area contributed by atoms with E-state index in [4.69, 9.17) is 0 Å². The number of aryl methyl sites for hydroxylation is 1. The fourth-order valence-corrected chi connectivity index (χ4v) is 7.72. The summed E-state index contributed by atoms with van der Waals surface area (Å²) >= 11 is 0. The minimum atomic E-state index is 0.202. The summed E-state index contributed by atoms with van der Waals surface area (Å²) in [7, 11) is 0. The van der Waals surface area contributed by atoms with E-state index >= 15 is 0 Å². The van der Waals surface area contributed by atoms with Crippen molar-refractivity contribution >= 4 is 5.57 Å². The average Bonchev–Trinajstić information content (AvgIpc) is 3.20. The largest absolute Gasteiger partial charge is 0.192 e. The van der Waals surface area contributed by atoms with Gasteiger partial charge in [-0.15, -0.1) is 0 Å². The number of benzene rings is 5. The van der Waals surface area contributed by atoms with E-state index in [0.29, 0.717) is 11.8 Å². The second kappa shape index (κ2) is 21.8. The van der Waals surface area contributed by atoms with Gasteiger partial charge in [-0.25, -0.2) is 0 Å². The molecule has 288 valence electrons. The molecule has 0 bridgehead atoms. The lowest BCUT2D eigenvalue weighted by atomic mass is 9.69. The van der Waals surface area contributed by atoms with Crippen molar-refractivity contribution in [1.82, 2.24) is 0 Å². The van der Waals surface area contributed by atoms with E-state index in [2.05, 4.69) is 203 Å². The first-order valence-corrected chi connectivity index (χ1v) is 20.6. The standard InChI is InChI=1S/C30H41N.C19H16.C5H10/c1-10-15-30(11-2,12-3)28-14-13-24(18-25(28)20(4)5)29-26(21(6)7)16-23(19-31)17-27(29)22(8)9;1-15-12-18(16-8-4-2-5-9-16)14-19(13-15)17-10-6-3-7-11-17;1-3-5-4-2/h13-14,16-18,21-22H,4,10-12,15H2,1-3,5-9H3;2-14H,1H3;3,5H,4H2,1-2H3/b;;5-3-. The van der Waals surface area contributed by atoms with E-state index in [-0.39, 0.29) is 5.41 Å².